The zero-order valence-electron chi connectivity index (χ0n) is 18.1. The highest BCUT2D eigenvalue weighted by molar-refractivity contribution is 5.77. The van der Waals surface area contributed by atoms with Gasteiger partial charge in [0.25, 0.3) is 0 Å². The van der Waals surface area contributed by atoms with Crippen LogP contribution in [0.1, 0.15) is 54.9 Å². The Bertz CT molecular complexity index is 386. The monoisotopic (exact) mass is 391 g/mol. The number of carbonyl (C=O) groups is 3. The largest absolute Gasteiger partial charge is 0.394 e. The third-order valence-electron chi connectivity index (χ3n) is 2.67. The Kier molecular flexibility index (Phi) is 23.0. The summed E-state index contributed by atoms with van der Waals surface area (Å²) in [6, 6.07) is 0. The van der Waals surface area contributed by atoms with Crippen LogP contribution in [-0.2, 0) is 19.1 Å². The molecule has 0 spiro atoms. The van der Waals surface area contributed by atoms with Crippen LogP contribution in [-0.4, -0.2) is 55.7 Å². The second kappa shape index (κ2) is 20.6. The Balaban J connectivity index is -0.000000336. The third kappa shape index (κ3) is 36.1. The number of aliphatic hydroxyl groups is 1. The van der Waals surface area contributed by atoms with E-state index in [1.165, 1.54) is 6.92 Å². The Morgan fingerprint density at radius 2 is 1.52 bits per heavy atom. The second-order valence-electron chi connectivity index (χ2n) is 7.18. The number of nitrogens with one attached hydrogen (secondary N) is 2. The van der Waals surface area contributed by atoms with Gasteiger partial charge in [-0.1, -0.05) is 41.5 Å². The topological polar surface area (TPSA) is 131 Å². The van der Waals surface area contributed by atoms with Crippen LogP contribution in [0.2, 0.25) is 0 Å². The molecule has 0 aliphatic rings. The molecule has 0 radical (unpaired) electrons. The van der Waals surface area contributed by atoms with Gasteiger partial charge < -0.3 is 26.2 Å². The molecule has 5 N–H and O–H groups in total. The molecule has 0 heterocycles. The molecule has 0 bridgehead atoms. The van der Waals surface area contributed by atoms with E-state index < -0.39 is 0 Å². The van der Waals surface area contributed by atoms with Crippen molar-refractivity contribution in [3.05, 3.63) is 0 Å². The Morgan fingerprint density at radius 1 is 0.963 bits per heavy atom. The lowest BCUT2D eigenvalue weighted by Crippen LogP contribution is -2.30. The molecular weight excluding hydrogens is 350 g/mol. The van der Waals surface area contributed by atoms with E-state index in [2.05, 4.69) is 24.5 Å². The van der Waals surface area contributed by atoms with Crippen molar-refractivity contribution in [1.29, 1.82) is 0 Å². The number of aliphatic hydroxyl groups excluding tert-OH is 1. The van der Waals surface area contributed by atoms with Crippen molar-refractivity contribution < 1.29 is 24.2 Å². The molecule has 0 atom stereocenters. The summed E-state index contributed by atoms with van der Waals surface area (Å²) in [4.78, 5) is 31.2. The molecule has 0 saturated heterocycles. The Morgan fingerprint density at radius 3 is 1.78 bits per heavy atom. The number of amides is 3. The van der Waals surface area contributed by atoms with Crippen molar-refractivity contribution in [2.24, 2.45) is 23.5 Å². The van der Waals surface area contributed by atoms with E-state index in [-0.39, 0.29) is 30.2 Å². The summed E-state index contributed by atoms with van der Waals surface area (Å²) in [6.45, 7) is 15.4. The fraction of sp³-hybridized carbons (Fsp3) is 0.842. The average molecular weight is 392 g/mol. The average Bonchev–Trinajstić information content (AvgIpc) is 2.52. The molecule has 162 valence electrons. The number of carbonyl (C=O) groups excluding carboxylic acids is 3. The second-order valence-corrected chi connectivity index (χ2v) is 7.18. The van der Waals surface area contributed by atoms with Crippen molar-refractivity contribution in [3.8, 4) is 0 Å². The van der Waals surface area contributed by atoms with E-state index in [4.69, 9.17) is 15.6 Å². The van der Waals surface area contributed by atoms with Gasteiger partial charge in [-0.05, 0) is 11.8 Å². The van der Waals surface area contributed by atoms with Crippen LogP contribution in [0.15, 0.2) is 0 Å². The fourth-order valence-corrected chi connectivity index (χ4v) is 1.37. The van der Waals surface area contributed by atoms with Gasteiger partial charge in [-0.15, -0.1) is 0 Å². The van der Waals surface area contributed by atoms with Crippen LogP contribution >= 0.6 is 0 Å². The van der Waals surface area contributed by atoms with Gasteiger partial charge in [0.2, 0.25) is 17.7 Å². The molecule has 27 heavy (non-hydrogen) atoms. The van der Waals surface area contributed by atoms with Gasteiger partial charge in [-0.25, -0.2) is 0 Å². The molecule has 0 rings (SSSR count). The summed E-state index contributed by atoms with van der Waals surface area (Å²) in [5.41, 5.74) is 4.85. The summed E-state index contributed by atoms with van der Waals surface area (Å²) in [6.07, 6.45) is 0.500. The van der Waals surface area contributed by atoms with Crippen molar-refractivity contribution in [3.63, 3.8) is 0 Å². The minimum absolute atomic E-state index is 0.0165. The van der Waals surface area contributed by atoms with Crippen LogP contribution in [0.3, 0.4) is 0 Å². The van der Waals surface area contributed by atoms with Crippen molar-refractivity contribution in [1.82, 2.24) is 10.6 Å². The molecule has 8 nitrogen and oxygen atoms in total. The number of hydrogen-bond acceptors (Lipinski definition) is 5. The Hall–Kier alpha value is -1.67. The van der Waals surface area contributed by atoms with Gasteiger partial charge in [-0.2, -0.15) is 0 Å². The summed E-state index contributed by atoms with van der Waals surface area (Å²) >= 11 is 0. The lowest BCUT2D eigenvalue weighted by atomic mass is 10.1. The molecule has 0 aliphatic heterocycles. The van der Waals surface area contributed by atoms with E-state index in [1.54, 1.807) is 0 Å². The zero-order valence-corrected chi connectivity index (χ0v) is 18.1. The smallest absolute Gasteiger partial charge is 0.222 e. The molecule has 0 saturated carbocycles. The molecular formula is C19H41N3O5. The van der Waals surface area contributed by atoms with Crippen LogP contribution in [0, 0.1) is 17.8 Å². The van der Waals surface area contributed by atoms with Gasteiger partial charge in [0.1, 0.15) is 0 Å². The number of ether oxygens (including phenoxy) is 1. The predicted octanol–water partition coefficient (Wildman–Crippen LogP) is 1.06. The number of rotatable bonds is 10. The first-order chi connectivity index (χ1) is 12.4. The maximum absolute atomic E-state index is 11.0. The maximum Gasteiger partial charge on any atom is 0.222 e. The Labute approximate surface area is 164 Å². The van der Waals surface area contributed by atoms with Gasteiger partial charge >= 0.3 is 0 Å². The van der Waals surface area contributed by atoms with Crippen molar-refractivity contribution >= 4 is 17.7 Å². The van der Waals surface area contributed by atoms with Crippen LogP contribution in [0.25, 0.3) is 0 Å². The number of nitrogens with two attached hydrogens (primary N) is 1. The SMILES string of the molecule is CC(=O)NCC(C)C.CC(C)C(=O)NCCOCCO.CC(C)CC(N)=O. The molecule has 0 aliphatic carbocycles. The first-order valence-electron chi connectivity index (χ1n) is 9.42. The number of primary amides is 1. The highest BCUT2D eigenvalue weighted by Gasteiger charge is 2.04. The first-order valence-corrected chi connectivity index (χ1v) is 9.42. The lowest BCUT2D eigenvalue weighted by molar-refractivity contribution is -0.124. The van der Waals surface area contributed by atoms with Crippen LogP contribution in [0.4, 0.5) is 0 Å². The van der Waals surface area contributed by atoms with Crippen molar-refractivity contribution in [2.75, 3.05) is 32.9 Å². The normalized spacial score (nSPS) is 9.89. The summed E-state index contributed by atoms with van der Waals surface area (Å²) in [7, 11) is 0. The summed E-state index contributed by atoms with van der Waals surface area (Å²) < 4.78 is 4.95. The quantitative estimate of drug-likeness (QED) is 0.414. The molecule has 0 unspecified atom stereocenters. The fourth-order valence-electron chi connectivity index (χ4n) is 1.37. The van der Waals surface area contributed by atoms with Gasteiger partial charge in [0.05, 0.1) is 19.8 Å². The molecule has 0 aromatic rings. The summed E-state index contributed by atoms with van der Waals surface area (Å²) in [5, 5.41) is 13.8. The van der Waals surface area contributed by atoms with Crippen LogP contribution in [0.5, 0.6) is 0 Å². The molecule has 8 heteroatoms. The first kappa shape index (κ1) is 30.1. The molecule has 3 amide bonds. The van der Waals surface area contributed by atoms with E-state index in [0.717, 1.165) is 6.54 Å². The zero-order chi connectivity index (χ0) is 21.8. The summed E-state index contributed by atoms with van der Waals surface area (Å²) in [5.74, 6) is 0.843. The number of hydrogen-bond donors (Lipinski definition) is 4. The molecule has 0 fully saturated rings. The van der Waals surface area contributed by atoms with Crippen molar-refractivity contribution in [2.45, 2.75) is 54.9 Å². The van der Waals surface area contributed by atoms with E-state index >= 15 is 0 Å². The third-order valence-corrected chi connectivity index (χ3v) is 2.67. The van der Waals surface area contributed by atoms with E-state index in [1.807, 2.05) is 27.7 Å². The highest BCUT2D eigenvalue weighted by atomic mass is 16.5. The van der Waals surface area contributed by atoms with Gasteiger partial charge in [0.15, 0.2) is 0 Å². The minimum Gasteiger partial charge on any atom is -0.394 e. The molecule has 0 aromatic heterocycles. The van der Waals surface area contributed by atoms with Crippen LogP contribution < -0.4 is 16.4 Å². The highest BCUT2D eigenvalue weighted by Crippen LogP contribution is 1.95. The minimum atomic E-state index is -0.213. The predicted molar refractivity (Wildman–Crippen MR) is 108 cm³/mol. The van der Waals surface area contributed by atoms with E-state index in [0.29, 0.717) is 38.0 Å². The standard InChI is InChI=1S/C8H17NO3.C6H13NO.C5H11NO/c1-7(2)8(11)9-3-5-12-6-4-10;1-5(2)4-7-6(3)8;1-4(2)3-5(6)7/h7,10H,3-6H2,1-2H3,(H,9,11);5H,4H2,1-3H3,(H,7,8);4H,3H2,1-2H3,(H2,6,7). The van der Waals surface area contributed by atoms with Gasteiger partial charge in [0, 0.05) is 32.4 Å². The van der Waals surface area contributed by atoms with Gasteiger partial charge in [-0.3, -0.25) is 14.4 Å². The lowest BCUT2D eigenvalue weighted by Gasteiger charge is -2.07. The maximum atomic E-state index is 11.0. The molecule has 0 aromatic carbocycles. The van der Waals surface area contributed by atoms with E-state index in [9.17, 15) is 14.4 Å².